The average Bonchev–Trinajstić information content (AvgIpc) is 2.74. The average molecular weight is 240 g/mol. The standard InChI is InChI=1S/C13H24N2S/c1-10(11-6-4-5-7-11)15-12-14-8-13(2,3)9-16-12/h10-11H,4-9H2,1-3H3,(H,14,15). The summed E-state index contributed by atoms with van der Waals surface area (Å²) in [5.74, 6) is 2.06. The fourth-order valence-electron chi connectivity index (χ4n) is 2.50. The van der Waals surface area contributed by atoms with E-state index in [-0.39, 0.29) is 0 Å². The fourth-order valence-corrected chi connectivity index (χ4v) is 3.54. The second-order valence-corrected chi connectivity index (χ2v) is 7.02. The van der Waals surface area contributed by atoms with Crippen molar-refractivity contribution in [1.82, 2.24) is 5.32 Å². The summed E-state index contributed by atoms with van der Waals surface area (Å²) in [7, 11) is 0. The Morgan fingerprint density at radius 2 is 2.06 bits per heavy atom. The molecule has 1 aliphatic carbocycles. The Labute approximate surface area is 104 Å². The Balaban J connectivity index is 1.83. The monoisotopic (exact) mass is 240 g/mol. The highest BCUT2D eigenvalue weighted by Gasteiger charge is 2.26. The zero-order chi connectivity index (χ0) is 11.6. The summed E-state index contributed by atoms with van der Waals surface area (Å²) < 4.78 is 0. The number of nitrogens with zero attached hydrogens (tertiary/aromatic N) is 1. The molecule has 16 heavy (non-hydrogen) atoms. The second kappa shape index (κ2) is 4.99. The van der Waals surface area contributed by atoms with E-state index in [0.717, 1.165) is 12.5 Å². The first kappa shape index (κ1) is 12.3. The third-order valence-electron chi connectivity index (χ3n) is 3.71. The first-order valence-electron chi connectivity index (χ1n) is 6.51. The molecule has 0 amide bonds. The topological polar surface area (TPSA) is 24.4 Å². The van der Waals surface area contributed by atoms with Gasteiger partial charge in [-0.1, -0.05) is 38.5 Å². The van der Waals surface area contributed by atoms with Gasteiger partial charge in [0.2, 0.25) is 0 Å². The molecule has 1 N–H and O–H groups in total. The van der Waals surface area contributed by atoms with Crippen molar-refractivity contribution in [3.63, 3.8) is 0 Å². The van der Waals surface area contributed by atoms with Crippen LogP contribution in [0.2, 0.25) is 0 Å². The molecule has 0 aromatic carbocycles. The van der Waals surface area contributed by atoms with Crippen LogP contribution < -0.4 is 5.32 Å². The summed E-state index contributed by atoms with van der Waals surface area (Å²) in [6.07, 6.45) is 5.64. The molecule has 2 rings (SSSR count). The van der Waals surface area contributed by atoms with Crippen molar-refractivity contribution >= 4 is 16.9 Å². The summed E-state index contributed by atoms with van der Waals surface area (Å²) in [5.41, 5.74) is 0.381. The van der Waals surface area contributed by atoms with E-state index in [1.807, 2.05) is 11.8 Å². The van der Waals surface area contributed by atoms with Crippen LogP contribution in [0.4, 0.5) is 0 Å². The molecule has 1 atom stereocenters. The van der Waals surface area contributed by atoms with Crippen LogP contribution in [0.5, 0.6) is 0 Å². The van der Waals surface area contributed by atoms with Crippen molar-refractivity contribution in [2.75, 3.05) is 12.3 Å². The maximum Gasteiger partial charge on any atom is 0.156 e. The molecule has 0 spiro atoms. The molecule has 0 saturated heterocycles. The third kappa shape index (κ3) is 3.16. The molecule has 0 bridgehead atoms. The van der Waals surface area contributed by atoms with Gasteiger partial charge in [-0.05, 0) is 31.1 Å². The maximum absolute atomic E-state index is 4.66. The number of hydrogen-bond donors (Lipinski definition) is 1. The lowest BCUT2D eigenvalue weighted by Gasteiger charge is -2.30. The van der Waals surface area contributed by atoms with Gasteiger partial charge in [-0.3, -0.25) is 4.99 Å². The highest BCUT2D eigenvalue weighted by Crippen LogP contribution is 2.30. The van der Waals surface area contributed by atoms with Crippen LogP contribution in [0.15, 0.2) is 4.99 Å². The Bertz CT molecular complexity index is 267. The lowest BCUT2D eigenvalue weighted by Crippen LogP contribution is -2.39. The molecule has 0 aromatic heterocycles. The predicted molar refractivity (Wildman–Crippen MR) is 73.1 cm³/mol. The van der Waals surface area contributed by atoms with Crippen molar-refractivity contribution in [2.24, 2.45) is 16.3 Å². The summed E-state index contributed by atoms with van der Waals surface area (Å²) >= 11 is 1.90. The number of aliphatic imine (C=N–C) groups is 1. The van der Waals surface area contributed by atoms with Crippen LogP contribution in [0.3, 0.4) is 0 Å². The second-order valence-electron chi connectivity index (χ2n) is 6.05. The summed E-state index contributed by atoms with van der Waals surface area (Å²) in [4.78, 5) is 4.66. The van der Waals surface area contributed by atoms with Crippen molar-refractivity contribution in [3.8, 4) is 0 Å². The minimum Gasteiger partial charge on any atom is -0.362 e. The van der Waals surface area contributed by atoms with E-state index < -0.39 is 0 Å². The molecule has 2 aliphatic rings. The Hall–Kier alpha value is -0.180. The molecular formula is C13H24N2S. The summed E-state index contributed by atoms with van der Waals surface area (Å²) in [6, 6.07) is 0.606. The van der Waals surface area contributed by atoms with Crippen molar-refractivity contribution in [1.29, 1.82) is 0 Å². The van der Waals surface area contributed by atoms with Gasteiger partial charge >= 0.3 is 0 Å². The maximum atomic E-state index is 4.66. The number of hydrogen-bond acceptors (Lipinski definition) is 3. The quantitative estimate of drug-likeness (QED) is 0.801. The molecule has 1 aliphatic heterocycles. The van der Waals surface area contributed by atoms with E-state index in [9.17, 15) is 0 Å². The number of thioether (sulfide) groups is 1. The SMILES string of the molecule is CC(NC1=NCC(C)(C)CS1)C1CCCC1. The molecule has 1 heterocycles. The molecule has 0 radical (unpaired) electrons. The normalized spacial score (nSPS) is 27.6. The fraction of sp³-hybridized carbons (Fsp3) is 0.923. The largest absolute Gasteiger partial charge is 0.362 e. The van der Waals surface area contributed by atoms with Gasteiger partial charge in [0.05, 0.1) is 0 Å². The van der Waals surface area contributed by atoms with Crippen molar-refractivity contribution < 1.29 is 0 Å². The van der Waals surface area contributed by atoms with Crippen LogP contribution in [0.25, 0.3) is 0 Å². The van der Waals surface area contributed by atoms with E-state index in [4.69, 9.17) is 0 Å². The van der Waals surface area contributed by atoms with Crippen LogP contribution in [0, 0.1) is 11.3 Å². The molecule has 1 unspecified atom stereocenters. The van der Waals surface area contributed by atoms with Crippen molar-refractivity contribution in [3.05, 3.63) is 0 Å². The number of amidine groups is 1. The van der Waals surface area contributed by atoms with Gasteiger partial charge < -0.3 is 5.32 Å². The van der Waals surface area contributed by atoms with E-state index in [1.165, 1.54) is 36.6 Å². The van der Waals surface area contributed by atoms with E-state index in [2.05, 4.69) is 31.1 Å². The molecule has 0 aromatic rings. The lowest BCUT2D eigenvalue weighted by atomic mass is 9.97. The van der Waals surface area contributed by atoms with Crippen LogP contribution >= 0.6 is 11.8 Å². The third-order valence-corrected chi connectivity index (χ3v) is 5.15. The van der Waals surface area contributed by atoms with Crippen LogP contribution in [0.1, 0.15) is 46.5 Å². The van der Waals surface area contributed by atoms with Gasteiger partial charge in [-0.15, -0.1) is 0 Å². The lowest BCUT2D eigenvalue weighted by molar-refractivity contribution is 0.418. The molecular weight excluding hydrogens is 216 g/mol. The zero-order valence-electron chi connectivity index (χ0n) is 10.8. The highest BCUT2D eigenvalue weighted by atomic mass is 32.2. The number of rotatable bonds is 2. The minimum absolute atomic E-state index is 0.381. The first-order valence-corrected chi connectivity index (χ1v) is 7.49. The van der Waals surface area contributed by atoms with E-state index >= 15 is 0 Å². The Morgan fingerprint density at radius 3 is 2.62 bits per heavy atom. The Morgan fingerprint density at radius 1 is 1.38 bits per heavy atom. The highest BCUT2D eigenvalue weighted by molar-refractivity contribution is 8.13. The Kier molecular flexibility index (Phi) is 3.83. The summed E-state index contributed by atoms with van der Waals surface area (Å²) in [6.45, 7) is 7.87. The summed E-state index contributed by atoms with van der Waals surface area (Å²) in [5, 5.41) is 4.79. The molecule has 1 fully saturated rings. The smallest absolute Gasteiger partial charge is 0.156 e. The van der Waals surface area contributed by atoms with Gasteiger partial charge in [0.15, 0.2) is 5.17 Å². The van der Waals surface area contributed by atoms with Gasteiger partial charge in [0.25, 0.3) is 0 Å². The van der Waals surface area contributed by atoms with E-state index in [0.29, 0.717) is 11.5 Å². The van der Waals surface area contributed by atoms with Gasteiger partial charge in [-0.2, -0.15) is 0 Å². The van der Waals surface area contributed by atoms with Crippen molar-refractivity contribution in [2.45, 2.75) is 52.5 Å². The first-order chi connectivity index (χ1) is 7.57. The van der Waals surface area contributed by atoms with Crippen LogP contribution in [-0.4, -0.2) is 23.5 Å². The van der Waals surface area contributed by atoms with E-state index in [1.54, 1.807) is 0 Å². The van der Waals surface area contributed by atoms with Gasteiger partial charge in [0, 0.05) is 18.3 Å². The van der Waals surface area contributed by atoms with Gasteiger partial charge in [-0.25, -0.2) is 0 Å². The van der Waals surface area contributed by atoms with Crippen LogP contribution in [-0.2, 0) is 0 Å². The molecule has 92 valence electrons. The molecule has 3 heteroatoms. The number of nitrogens with one attached hydrogen (secondary N) is 1. The molecule has 2 nitrogen and oxygen atoms in total. The predicted octanol–water partition coefficient (Wildman–Crippen LogP) is 3.28. The molecule has 1 saturated carbocycles. The zero-order valence-corrected chi connectivity index (χ0v) is 11.6. The minimum atomic E-state index is 0.381. The van der Waals surface area contributed by atoms with Gasteiger partial charge in [0.1, 0.15) is 0 Å².